The Balaban J connectivity index is 3.76. The van der Waals surface area contributed by atoms with E-state index in [2.05, 4.69) is 4.74 Å². The van der Waals surface area contributed by atoms with Gasteiger partial charge < -0.3 is 10.5 Å². The number of rotatable bonds is 4. The number of nitrogens with two attached hydrogens (primary N) is 1. The molecule has 0 saturated carbocycles. The van der Waals surface area contributed by atoms with Gasteiger partial charge in [0, 0.05) is 6.42 Å². The molecule has 0 radical (unpaired) electrons. The molecule has 0 aliphatic rings. The minimum atomic E-state index is -0.675. The molecule has 0 amide bonds. The van der Waals surface area contributed by atoms with Gasteiger partial charge in [0.15, 0.2) is 0 Å². The molecule has 12 heavy (non-hydrogen) atoms. The molecule has 0 bridgehead atoms. The molecule has 1 atom stereocenters. The molecule has 0 heterocycles. The predicted molar refractivity (Wildman–Crippen MR) is 44.3 cm³/mol. The fourth-order valence-corrected chi connectivity index (χ4v) is 0.610. The van der Waals surface area contributed by atoms with Crippen molar-refractivity contribution in [1.82, 2.24) is 0 Å². The molecule has 0 aliphatic carbocycles. The lowest BCUT2D eigenvalue weighted by Crippen LogP contribution is -2.32. The zero-order valence-electron chi connectivity index (χ0n) is 7.50. The van der Waals surface area contributed by atoms with Crippen LogP contribution in [-0.2, 0) is 14.3 Å². The molecule has 0 aromatic heterocycles. The average Bonchev–Trinajstić information content (AvgIpc) is 2.03. The fraction of sp³-hybridized carbons (Fsp3) is 0.750. The maximum absolute atomic E-state index is 10.9. The summed E-state index contributed by atoms with van der Waals surface area (Å²) < 4.78 is 4.44. The molecule has 4 nitrogen and oxygen atoms in total. The highest BCUT2D eigenvalue weighted by Crippen LogP contribution is 1.95. The van der Waals surface area contributed by atoms with E-state index in [1.54, 1.807) is 6.92 Å². The van der Waals surface area contributed by atoms with E-state index in [-0.39, 0.29) is 6.42 Å². The van der Waals surface area contributed by atoms with Gasteiger partial charge in [-0.1, -0.05) is 13.8 Å². The Morgan fingerprint density at radius 3 is 2.42 bits per heavy atom. The Hall–Kier alpha value is -0.900. The standard InChI is InChI=1S/C8H15NO3/c1-3-5-7(10)12-8(11)6(9)4-2/h6H,3-5,9H2,1-2H3. The number of carbonyl (C=O) groups excluding carboxylic acids is 2. The van der Waals surface area contributed by atoms with E-state index in [1.807, 2.05) is 6.92 Å². The zero-order chi connectivity index (χ0) is 9.56. The first-order valence-corrected chi connectivity index (χ1v) is 4.11. The monoisotopic (exact) mass is 173 g/mol. The van der Waals surface area contributed by atoms with Crippen molar-refractivity contribution >= 4 is 11.9 Å². The summed E-state index contributed by atoms with van der Waals surface area (Å²) in [6, 6.07) is -0.675. The molecule has 2 N–H and O–H groups in total. The molecule has 1 unspecified atom stereocenters. The van der Waals surface area contributed by atoms with Crippen molar-refractivity contribution in [2.45, 2.75) is 39.2 Å². The predicted octanol–water partition coefficient (Wildman–Crippen LogP) is 0.594. The van der Waals surface area contributed by atoms with Gasteiger partial charge in [0.2, 0.25) is 0 Å². The molecular formula is C8H15NO3. The van der Waals surface area contributed by atoms with Crippen LogP contribution in [0.3, 0.4) is 0 Å². The quantitative estimate of drug-likeness (QED) is 0.499. The second-order valence-electron chi connectivity index (χ2n) is 2.56. The summed E-state index contributed by atoms with van der Waals surface area (Å²) in [5.74, 6) is -1.12. The van der Waals surface area contributed by atoms with Crippen molar-refractivity contribution in [2.24, 2.45) is 5.73 Å². The lowest BCUT2D eigenvalue weighted by Gasteiger charge is -2.06. The van der Waals surface area contributed by atoms with E-state index in [0.29, 0.717) is 12.8 Å². The van der Waals surface area contributed by atoms with Crippen molar-refractivity contribution in [3.05, 3.63) is 0 Å². The Labute approximate surface area is 72.1 Å². The first kappa shape index (κ1) is 11.1. The summed E-state index contributed by atoms with van der Waals surface area (Å²) >= 11 is 0. The summed E-state index contributed by atoms with van der Waals surface area (Å²) in [4.78, 5) is 21.7. The summed E-state index contributed by atoms with van der Waals surface area (Å²) in [6.45, 7) is 3.60. The second-order valence-corrected chi connectivity index (χ2v) is 2.56. The van der Waals surface area contributed by atoms with Gasteiger partial charge in [-0.05, 0) is 12.8 Å². The average molecular weight is 173 g/mol. The Morgan fingerprint density at radius 1 is 1.42 bits per heavy atom. The molecule has 0 aromatic rings. The third kappa shape index (κ3) is 4.08. The normalized spacial score (nSPS) is 12.2. The van der Waals surface area contributed by atoms with Crippen LogP contribution in [0.5, 0.6) is 0 Å². The van der Waals surface area contributed by atoms with Crippen LogP contribution < -0.4 is 5.73 Å². The SMILES string of the molecule is CCCC(=O)OC(=O)C(N)CC. The number of hydrogen-bond donors (Lipinski definition) is 1. The first-order valence-electron chi connectivity index (χ1n) is 4.11. The number of carbonyl (C=O) groups is 2. The van der Waals surface area contributed by atoms with Crippen molar-refractivity contribution < 1.29 is 14.3 Å². The molecule has 4 heteroatoms. The van der Waals surface area contributed by atoms with E-state index in [0.717, 1.165) is 0 Å². The van der Waals surface area contributed by atoms with Gasteiger partial charge >= 0.3 is 11.9 Å². The largest absolute Gasteiger partial charge is 0.392 e. The smallest absolute Gasteiger partial charge is 0.330 e. The van der Waals surface area contributed by atoms with Gasteiger partial charge in [-0.2, -0.15) is 0 Å². The van der Waals surface area contributed by atoms with Crippen LogP contribution in [0, 0.1) is 0 Å². The van der Waals surface area contributed by atoms with Gasteiger partial charge in [-0.3, -0.25) is 4.79 Å². The molecule has 0 aromatic carbocycles. The van der Waals surface area contributed by atoms with Gasteiger partial charge in [0.1, 0.15) is 6.04 Å². The topological polar surface area (TPSA) is 69.4 Å². The van der Waals surface area contributed by atoms with Crippen LogP contribution in [-0.4, -0.2) is 18.0 Å². The Bertz CT molecular complexity index is 168. The molecule has 0 rings (SSSR count). The van der Waals surface area contributed by atoms with Crippen molar-refractivity contribution in [3.63, 3.8) is 0 Å². The van der Waals surface area contributed by atoms with Crippen molar-refractivity contribution in [2.75, 3.05) is 0 Å². The van der Waals surface area contributed by atoms with Gasteiger partial charge in [-0.25, -0.2) is 4.79 Å². The van der Waals surface area contributed by atoms with Crippen molar-refractivity contribution in [1.29, 1.82) is 0 Å². The highest BCUT2D eigenvalue weighted by molar-refractivity contribution is 5.88. The molecule has 70 valence electrons. The van der Waals surface area contributed by atoms with Gasteiger partial charge in [-0.15, -0.1) is 0 Å². The third-order valence-electron chi connectivity index (χ3n) is 1.41. The van der Waals surface area contributed by atoms with E-state index >= 15 is 0 Å². The number of ether oxygens (including phenoxy) is 1. The van der Waals surface area contributed by atoms with Gasteiger partial charge in [0.25, 0.3) is 0 Å². The maximum atomic E-state index is 10.9. The molecule has 0 fully saturated rings. The third-order valence-corrected chi connectivity index (χ3v) is 1.41. The second kappa shape index (κ2) is 5.71. The summed E-state index contributed by atoms with van der Waals surface area (Å²) in [6.07, 6.45) is 1.42. The summed E-state index contributed by atoms with van der Waals surface area (Å²) in [7, 11) is 0. The van der Waals surface area contributed by atoms with Crippen LogP contribution in [0.4, 0.5) is 0 Å². The fourth-order valence-electron chi connectivity index (χ4n) is 0.610. The van der Waals surface area contributed by atoms with Crippen molar-refractivity contribution in [3.8, 4) is 0 Å². The summed E-state index contributed by atoms with van der Waals surface area (Å²) in [5.41, 5.74) is 5.33. The minimum absolute atomic E-state index is 0.266. The zero-order valence-corrected chi connectivity index (χ0v) is 7.50. The highest BCUT2D eigenvalue weighted by atomic mass is 16.6. The Kier molecular flexibility index (Phi) is 5.28. The summed E-state index contributed by atoms with van der Waals surface area (Å²) in [5, 5.41) is 0. The number of esters is 2. The first-order chi connectivity index (χ1) is 5.61. The molecule has 0 saturated heterocycles. The van der Waals surface area contributed by atoms with Crippen LogP contribution in [0.2, 0.25) is 0 Å². The lowest BCUT2D eigenvalue weighted by atomic mass is 10.2. The van der Waals surface area contributed by atoms with Gasteiger partial charge in [0.05, 0.1) is 0 Å². The molecule has 0 spiro atoms. The van der Waals surface area contributed by atoms with Crippen LogP contribution >= 0.6 is 0 Å². The maximum Gasteiger partial charge on any atom is 0.330 e. The van der Waals surface area contributed by atoms with E-state index in [9.17, 15) is 9.59 Å². The van der Waals surface area contributed by atoms with E-state index in [4.69, 9.17) is 5.73 Å². The van der Waals surface area contributed by atoms with E-state index < -0.39 is 18.0 Å². The van der Waals surface area contributed by atoms with Crippen LogP contribution in [0.15, 0.2) is 0 Å². The molecular weight excluding hydrogens is 158 g/mol. The number of hydrogen-bond acceptors (Lipinski definition) is 4. The van der Waals surface area contributed by atoms with E-state index in [1.165, 1.54) is 0 Å². The lowest BCUT2D eigenvalue weighted by molar-refractivity contribution is -0.160. The van der Waals surface area contributed by atoms with Crippen LogP contribution in [0.1, 0.15) is 33.1 Å². The highest BCUT2D eigenvalue weighted by Gasteiger charge is 2.15. The minimum Gasteiger partial charge on any atom is -0.392 e. The molecule has 0 aliphatic heterocycles. The van der Waals surface area contributed by atoms with Crippen LogP contribution in [0.25, 0.3) is 0 Å². The Morgan fingerprint density at radius 2 is 2.00 bits per heavy atom.